The van der Waals surface area contributed by atoms with Crippen LogP contribution in [-0.4, -0.2) is 19.5 Å². The molecule has 1 aliphatic carbocycles. The Kier molecular flexibility index (Phi) is 5.56. The van der Waals surface area contributed by atoms with Crippen molar-refractivity contribution >= 4 is 21.9 Å². The molecule has 0 amide bonds. The number of furan rings is 1. The van der Waals surface area contributed by atoms with Crippen molar-refractivity contribution in [1.29, 1.82) is 0 Å². The van der Waals surface area contributed by atoms with Crippen LogP contribution in [0.2, 0.25) is 0 Å². The number of hydrogen-bond donors (Lipinski definition) is 0. The van der Waals surface area contributed by atoms with E-state index in [0.29, 0.717) is 17.6 Å². The number of aryl methyl sites for hydroxylation is 2. The molecule has 0 saturated carbocycles. The van der Waals surface area contributed by atoms with Crippen molar-refractivity contribution in [2.75, 3.05) is 0 Å². The van der Waals surface area contributed by atoms with Gasteiger partial charge in [0, 0.05) is 33.9 Å². The van der Waals surface area contributed by atoms with Crippen LogP contribution in [-0.2, 0) is 12.8 Å². The smallest absolute Gasteiger partial charge is 0.238 e. The van der Waals surface area contributed by atoms with Crippen LogP contribution in [0.5, 0.6) is 0 Å². The first-order valence-corrected chi connectivity index (χ1v) is 14.9. The lowest BCUT2D eigenvalue weighted by molar-refractivity contribution is 0.545. The summed E-state index contributed by atoms with van der Waals surface area (Å²) in [7, 11) is 0. The monoisotopic (exact) mass is 566 g/mol. The second-order valence-electron chi connectivity index (χ2n) is 11.2. The minimum atomic E-state index is 0.592. The summed E-state index contributed by atoms with van der Waals surface area (Å²) in [4.78, 5) is 15.3. The zero-order chi connectivity index (χ0) is 29.0. The number of benzene rings is 5. The van der Waals surface area contributed by atoms with E-state index in [9.17, 15) is 0 Å². The third kappa shape index (κ3) is 3.90. The van der Waals surface area contributed by atoms with Gasteiger partial charge < -0.3 is 4.42 Å². The summed E-state index contributed by atoms with van der Waals surface area (Å²) in [6.07, 6.45) is 1.71. The normalized spacial score (nSPS) is 12.4. The summed E-state index contributed by atoms with van der Waals surface area (Å²) in [6.45, 7) is 0. The van der Waals surface area contributed by atoms with Gasteiger partial charge in [-0.05, 0) is 41.3 Å². The fourth-order valence-electron chi connectivity index (χ4n) is 6.56. The van der Waals surface area contributed by atoms with E-state index in [-0.39, 0.29) is 0 Å². The van der Waals surface area contributed by atoms with Gasteiger partial charge in [-0.25, -0.2) is 4.98 Å². The van der Waals surface area contributed by atoms with E-state index in [1.165, 1.54) is 22.1 Å². The van der Waals surface area contributed by atoms with E-state index in [1.807, 2.05) is 66.7 Å². The van der Waals surface area contributed by atoms with Crippen LogP contribution in [0, 0.1) is 0 Å². The highest BCUT2D eigenvalue weighted by atomic mass is 16.3. The van der Waals surface area contributed by atoms with Crippen molar-refractivity contribution < 1.29 is 4.42 Å². The molecule has 0 atom stereocenters. The Labute approximate surface area is 254 Å². The van der Waals surface area contributed by atoms with E-state index in [2.05, 4.69) is 71.3 Å². The molecule has 9 rings (SSSR count). The van der Waals surface area contributed by atoms with Crippen LogP contribution in [0.1, 0.15) is 11.3 Å². The molecular weight excluding hydrogens is 540 g/mol. The molecule has 3 aromatic heterocycles. The van der Waals surface area contributed by atoms with Crippen LogP contribution in [0.4, 0.5) is 0 Å². The predicted octanol–water partition coefficient (Wildman–Crippen LogP) is 9.33. The first-order valence-electron chi connectivity index (χ1n) is 14.9. The maximum Gasteiger partial charge on any atom is 0.238 e. The third-order valence-electron chi connectivity index (χ3n) is 8.57. The first kappa shape index (κ1) is 24.8. The Morgan fingerprint density at radius 3 is 1.82 bits per heavy atom. The van der Waals surface area contributed by atoms with E-state index in [1.54, 1.807) is 0 Å². The Bertz CT molecular complexity index is 2260. The molecule has 0 spiro atoms. The average molecular weight is 567 g/mol. The van der Waals surface area contributed by atoms with Gasteiger partial charge in [0.05, 0.1) is 11.2 Å². The van der Waals surface area contributed by atoms with Gasteiger partial charge in [0.2, 0.25) is 5.95 Å². The van der Waals surface area contributed by atoms with Crippen molar-refractivity contribution in [1.82, 2.24) is 19.5 Å². The molecule has 0 bridgehead atoms. The van der Waals surface area contributed by atoms with Crippen LogP contribution in [0.25, 0.3) is 73.0 Å². The molecule has 5 aromatic carbocycles. The molecule has 208 valence electrons. The second kappa shape index (κ2) is 9.89. The van der Waals surface area contributed by atoms with Crippen LogP contribution in [0.15, 0.2) is 138 Å². The molecule has 0 radical (unpaired) electrons. The quantitative estimate of drug-likeness (QED) is 0.213. The van der Waals surface area contributed by atoms with Gasteiger partial charge >= 0.3 is 0 Å². The molecular formula is C39H26N4O. The molecule has 8 aromatic rings. The largest absolute Gasteiger partial charge is 0.460 e. The lowest BCUT2D eigenvalue weighted by Crippen LogP contribution is -2.10. The van der Waals surface area contributed by atoms with E-state index in [4.69, 9.17) is 19.4 Å². The minimum absolute atomic E-state index is 0.592. The average Bonchev–Trinajstić information content (AvgIpc) is 3.64. The molecule has 5 heteroatoms. The Morgan fingerprint density at radius 1 is 0.523 bits per heavy atom. The van der Waals surface area contributed by atoms with Crippen molar-refractivity contribution in [3.05, 3.63) is 145 Å². The van der Waals surface area contributed by atoms with Crippen LogP contribution in [0.3, 0.4) is 0 Å². The summed E-state index contributed by atoms with van der Waals surface area (Å²) in [5.74, 6) is 2.87. The first-order chi connectivity index (χ1) is 21.8. The second-order valence-corrected chi connectivity index (χ2v) is 11.2. The number of aromatic nitrogens is 4. The van der Waals surface area contributed by atoms with Gasteiger partial charge in [-0.3, -0.25) is 4.57 Å². The van der Waals surface area contributed by atoms with Crippen molar-refractivity contribution in [2.24, 2.45) is 0 Å². The standard InChI is InChI=1S/C39H26N4O/c1-4-12-25(13-5-1)28-20-22-32-31(24-28)29-21-23-34-35(30-18-10-11-19-33(30)44-34)36(29)43(32)39-41-37(26-14-6-2-7-15-26)40-38(42-39)27-16-8-3-9-17-27/h1-20,22,24H,21,23H2. The van der Waals surface area contributed by atoms with Gasteiger partial charge in [-0.2, -0.15) is 9.97 Å². The maximum absolute atomic E-state index is 6.45. The fraction of sp³-hybridized carbons (Fsp3) is 0.0513. The third-order valence-corrected chi connectivity index (χ3v) is 8.57. The molecule has 3 heterocycles. The van der Waals surface area contributed by atoms with Crippen molar-refractivity contribution in [3.63, 3.8) is 0 Å². The highest BCUT2D eigenvalue weighted by molar-refractivity contribution is 6.03. The molecule has 0 fully saturated rings. The molecule has 1 aliphatic rings. The number of rotatable bonds is 4. The molecule has 0 aliphatic heterocycles. The van der Waals surface area contributed by atoms with Gasteiger partial charge in [-0.1, -0.05) is 115 Å². The number of nitrogens with zero attached hydrogens (tertiary/aromatic N) is 4. The molecule has 0 N–H and O–H groups in total. The van der Waals surface area contributed by atoms with Gasteiger partial charge in [-0.15, -0.1) is 0 Å². The lowest BCUT2D eigenvalue weighted by Gasteiger charge is -2.16. The highest BCUT2D eigenvalue weighted by Crippen LogP contribution is 2.46. The molecule has 44 heavy (non-hydrogen) atoms. The SMILES string of the molecule is c1ccc(-c2ccc3c(c2)c2c(n3-c3nc(-c4ccccc4)nc(-c4ccccc4)n3)-c3c(oc4ccccc34)CC2)cc1. The predicted molar refractivity (Wildman–Crippen MR) is 176 cm³/mol. The van der Waals surface area contributed by atoms with Crippen molar-refractivity contribution in [2.45, 2.75) is 12.8 Å². The summed E-state index contributed by atoms with van der Waals surface area (Å²) < 4.78 is 8.68. The summed E-state index contributed by atoms with van der Waals surface area (Å²) in [6, 6.07) is 45.9. The van der Waals surface area contributed by atoms with E-state index < -0.39 is 0 Å². The maximum atomic E-state index is 6.45. The van der Waals surface area contributed by atoms with Gasteiger partial charge in [0.25, 0.3) is 0 Å². The summed E-state index contributed by atoms with van der Waals surface area (Å²) in [5, 5.41) is 2.32. The topological polar surface area (TPSA) is 56.7 Å². The lowest BCUT2D eigenvalue weighted by atomic mass is 9.91. The number of fused-ring (bicyclic) bond motifs is 7. The van der Waals surface area contributed by atoms with Gasteiger partial charge in [0.1, 0.15) is 11.3 Å². The Morgan fingerprint density at radius 2 is 1.14 bits per heavy atom. The zero-order valence-corrected chi connectivity index (χ0v) is 23.8. The fourth-order valence-corrected chi connectivity index (χ4v) is 6.56. The van der Waals surface area contributed by atoms with E-state index in [0.717, 1.165) is 57.5 Å². The van der Waals surface area contributed by atoms with Crippen LogP contribution < -0.4 is 0 Å². The van der Waals surface area contributed by atoms with Gasteiger partial charge in [0.15, 0.2) is 11.6 Å². The molecule has 5 nitrogen and oxygen atoms in total. The molecule has 0 unspecified atom stereocenters. The minimum Gasteiger partial charge on any atom is -0.460 e. The highest BCUT2D eigenvalue weighted by Gasteiger charge is 2.31. The Balaban J connectivity index is 1.38. The number of para-hydroxylation sites is 1. The molecule has 0 saturated heterocycles. The summed E-state index contributed by atoms with van der Waals surface area (Å²) in [5.41, 5.74) is 9.75. The van der Waals surface area contributed by atoms with Crippen LogP contribution >= 0.6 is 0 Å². The van der Waals surface area contributed by atoms with E-state index >= 15 is 0 Å². The Hall–Kier alpha value is -5.81. The van der Waals surface area contributed by atoms with Crippen molar-refractivity contribution in [3.8, 4) is 51.1 Å². The number of hydrogen-bond acceptors (Lipinski definition) is 4. The zero-order valence-electron chi connectivity index (χ0n) is 23.8. The summed E-state index contributed by atoms with van der Waals surface area (Å²) >= 11 is 0.